The van der Waals surface area contributed by atoms with Gasteiger partial charge in [-0.05, 0) is 51.2 Å². The van der Waals surface area contributed by atoms with Gasteiger partial charge >= 0.3 is 0 Å². The Bertz CT molecular complexity index is 812. The molecule has 2 saturated heterocycles. The monoisotopic (exact) mass is 375 g/mol. The average molecular weight is 376 g/mol. The number of halogens is 1. The van der Waals surface area contributed by atoms with Crippen LogP contribution in [0.15, 0.2) is 18.3 Å². The molecule has 2 aromatic rings. The number of nitrogens with zero attached hydrogens (tertiary/aromatic N) is 3. The molecule has 2 aliphatic heterocycles. The van der Waals surface area contributed by atoms with Gasteiger partial charge in [-0.25, -0.2) is 4.68 Å². The molecule has 3 heterocycles. The molecule has 5 rings (SSSR count). The number of hydrogen-bond acceptors (Lipinski definition) is 4. The van der Waals surface area contributed by atoms with E-state index in [4.69, 9.17) is 16.3 Å². The summed E-state index contributed by atoms with van der Waals surface area (Å²) in [6.45, 7) is 4.54. The Kier molecular flexibility index (Phi) is 3.96. The van der Waals surface area contributed by atoms with Crippen LogP contribution < -0.4 is 4.90 Å². The van der Waals surface area contributed by atoms with Gasteiger partial charge in [0.1, 0.15) is 0 Å². The van der Waals surface area contributed by atoms with Crippen LogP contribution in [0, 0.1) is 11.8 Å². The number of rotatable bonds is 2. The van der Waals surface area contributed by atoms with E-state index >= 15 is 0 Å². The lowest BCUT2D eigenvalue weighted by molar-refractivity contribution is -0.0366. The molecular weight excluding hydrogens is 350 g/mol. The molecule has 0 amide bonds. The second-order valence-electron chi connectivity index (χ2n) is 8.37. The first-order valence-corrected chi connectivity index (χ1v) is 10.2. The molecule has 3 unspecified atom stereocenters. The summed E-state index contributed by atoms with van der Waals surface area (Å²) < 4.78 is 7.96. The molecule has 2 bridgehead atoms. The fourth-order valence-electron chi connectivity index (χ4n) is 5.12. The second-order valence-corrected chi connectivity index (χ2v) is 8.78. The topological polar surface area (TPSA) is 50.5 Å². The van der Waals surface area contributed by atoms with E-state index < -0.39 is 5.60 Å². The van der Waals surface area contributed by atoms with Crippen molar-refractivity contribution in [3.63, 3.8) is 0 Å². The maximum absolute atomic E-state index is 10.8. The van der Waals surface area contributed by atoms with Gasteiger partial charge in [0.15, 0.2) is 6.23 Å². The van der Waals surface area contributed by atoms with E-state index in [0.29, 0.717) is 11.8 Å². The summed E-state index contributed by atoms with van der Waals surface area (Å²) in [7, 11) is 0. The number of piperidine rings is 1. The second kappa shape index (κ2) is 6.11. The first-order valence-electron chi connectivity index (χ1n) is 9.80. The van der Waals surface area contributed by atoms with Crippen LogP contribution in [0.4, 0.5) is 5.69 Å². The lowest BCUT2D eigenvalue weighted by Crippen LogP contribution is -2.52. The zero-order valence-electron chi connectivity index (χ0n) is 15.2. The van der Waals surface area contributed by atoms with Crippen LogP contribution in [0.1, 0.15) is 45.3 Å². The largest absolute Gasteiger partial charge is 0.389 e. The van der Waals surface area contributed by atoms with Gasteiger partial charge in [0.25, 0.3) is 0 Å². The molecular formula is C20H26ClN3O2. The van der Waals surface area contributed by atoms with Crippen molar-refractivity contribution in [2.24, 2.45) is 11.8 Å². The Morgan fingerprint density at radius 1 is 1.19 bits per heavy atom. The summed E-state index contributed by atoms with van der Waals surface area (Å²) in [6.07, 6.45) is 7.41. The average Bonchev–Trinajstić information content (AvgIpc) is 3.05. The summed E-state index contributed by atoms with van der Waals surface area (Å²) in [5.41, 5.74) is 1.61. The molecule has 3 fully saturated rings. The Balaban J connectivity index is 1.51. The smallest absolute Gasteiger partial charge is 0.150 e. The number of anilines is 1. The van der Waals surface area contributed by atoms with E-state index in [1.165, 1.54) is 6.42 Å². The van der Waals surface area contributed by atoms with Crippen LogP contribution >= 0.6 is 11.6 Å². The highest BCUT2D eigenvalue weighted by molar-refractivity contribution is 6.34. The van der Waals surface area contributed by atoms with Crippen molar-refractivity contribution in [2.75, 3.05) is 24.6 Å². The number of aliphatic hydroxyl groups is 1. The van der Waals surface area contributed by atoms with Crippen molar-refractivity contribution in [3.05, 3.63) is 23.4 Å². The van der Waals surface area contributed by atoms with Gasteiger partial charge in [-0.15, -0.1) is 0 Å². The summed E-state index contributed by atoms with van der Waals surface area (Å²) in [5, 5.41) is 17.2. The third-order valence-corrected chi connectivity index (χ3v) is 7.13. The SMILES string of the molecule is CC1(O)C2CCC1CN(c1cc3c(cnn3C3CCCCO3)cc1Cl)C2. The third-order valence-electron chi connectivity index (χ3n) is 6.83. The van der Waals surface area contributed by atoms with E-state index in [1.807, 2.05) is 23.9 Å². The molecule has 1 saturated carbocycles. The van der Waals surface area contributed by atoms with Crippen LogP contribution in [0.5, 0.6) is 0 Å². The lowest BCUT2D eigenvalue weighted by atomic mass is 9.82. The molecule has 0 spiro atoms. The van der Waals surface area contributed by atoms with Crippen LogP contribution in [-0.4, -0.2) is 40.2 Å². The summed E-state index contributed by atoms with van der Waals surface area (Å²) in [6, 6.07) is 4.19. The maximum atomic E-state index is 10.8. The Hall–Kier alpha value is -1.30. The van der Waals surface area contributed by atoms with Crippen molar-refractivity contribution in [1.82, 2.24) is 9.78 Å². The van der Waals surface area contributed by atoms with Crippen molar-refractivity contribution in [3.8, 4) is 0 Å². The highest BCUT2D eigenvalue weighted by Gasteiger charge is 2.50. The lowest BCUT2D eigenvalue weighted by Gasteiger charge is -2.43. The Morgan fingerprint density at radius 2 is 1.96 bits per heavy atom. The van der Waals surface area contributed by atoms with Crippen LogP contribution in [0.25, 0.3) is 10.9 Å². The Labute approximate surface area is 158 Å². The van der Waals surface area contributed by atoms with Gasteiger partial charge in [-0.2, -0.15) is 5.10 Å². The van der Waals surface area contributed by atoms with Gasteiger partial charge in [0, 0.05) is 36.9 Å². The fourth-order valence-corrected chi connectivity index (χ4v) is 5.41. The van der Waals surface area contributed by atoms with Gasteiger partial charge in [-0.1, -0.05) is 11.6 Å². The third kappa shape index (κ3) is 2.55. The van der Waals surface area contributed by atoms with Crippen molar-refractivity contribution in [2.45, 2.75) is 50.9 Å². The number of hydrogen-bond donors (Lipinski definition) is 1. The van der Waals surface area contributed by atoms with E-state index in [9.17, 15) is 5.11 Å². The quantitative estimate of drug-likeness (QED) is 0.862. The van der Waals surface area contributed by atoms with Gasteiger partial charge in [0.05, 0.1) is 28.0 Å². The molecule has 3 atom stereocenters. The molecule has 1 aromatic carbocycles. The minimum absolute atomic E-state index is 0.0218. The van der Waals surface area contributed by atoms with E-state index in [1.54, 1.807) is 0 Å². The van der Waals surface area contributed by atoms with Gasteiger partial charge < -0.3 is 14.7 Å². The standard InChI is InChI=1S/C20H26ClN3O2/c1-20(25)14-5-6-15(20)12-23(11-14)18-9-17-13(8-16(18)21)10-22-24(17)19-4-2-3-7-26-19/h8-10,14-15,19,25H,2-7,11-12H2,1H3. The molecule has 140 valence electrons. The van der Waals surface area contributed by atoms with Gasteiger partial charge in [0.2, 0.25) is 0 Å². The first-order chi connectivity index (χ1) is 12.5. The highest BCUT2D eigenvalue weighted by Crippen LogP contribution is 2.47. The summed E-state index contributed by atoms with van der Waals surface area (Å²) in [4.78, 5) is 2.36. The predicted octanol–water partition coefficient (Wildman–Crippen LogP) is 3.99. The molecule has 3 aliphatic rings. The summed E-state index contributed by atoms with van der Waals surface area (Å²) in [5.74, 6) is 0.638. The zero-order chi connectivity index (χ0) is 17.9. The van der Waals surface area contributed by atoms with E-state index in [2.05, 4.69) is 16.1 Å². The zero-order valence-corrected chi connectivity index (χ0v) is 16.0. The van der Waals surface area contributed by atoms with Crippen molar-refractivity contribution >= 4 is 28.2 Å². The van der Waals surface area contributed by atoms with Crippen molar-refractivity contribution in [1.29, 1.82) is 0 Å². The number of benzene rings is 1. The van der Waals surface area contributed by atoms with Crippen LogP contribution in [-0.2, 0) is 4.74 Å². The van der Waals surface area contributed by atoms with Crippen molar-refractivity contribution < 1.29 is 9.84 Å². The van der Waals surface area contributed by atoms with E-state index in [-0.39, 0.29) is 6.23 Å². The number of ether oxygens (including phenoxy) is 1. The maximum Gasteiger partial charge on any atom is 0.150 e. The van der Waals surface area contributed by atoms with E-state index in [0.717, 1.165) is 67.0 Å². The number of aromatic nitrogens is 2. The van der Waals surface area contributed by atoms with Crippen LogP contribution in [0.3, 0.4) is 0 Å². The first kappa shape index (κ1) is 16.8. The molecule has 0 radical (unpaired) electrons. The molecule has 6 heteroatoms. The molecule has 1 aliphatic carbocycles. The molecule has 5 nitrogen and oxygen atoms in total. The number of fused-ring (bicyclic) bond motifs is 3. The molecule has 1 N–H and O–H groups in total. The normalized spacial score (nSPS) is 34.6. The molecule has 26 heavy (non-hydrogen) atoms. The summed E-state index contributed by atoms with van der Waals surface area (Å²) >= 11 is 6.65. The minimum Gasteiger partial charge on any atom is -0.389 e. The predicted molar refractivity (Wildman–Crippen MR) is 103 cm³/mol. The van der Waals surface area contributed by atoms with Gasteiger partial charge in [-0.3, -0.25) is 0 Å². The fraction of sp³-hybridized carbons (Fsp3) is 0.650. The highest BCUT2D eigenvalue weighted by atomic mass is 35.5. The van der Waals surface area contributed by atoms with Crippen LogP contribution in [0.2, 0.25) is 5.02 Å². The molecule has 1 aromatic heterocycles. The Morgan fingerprint density at radius 3 is 2.65 bits per heavy atom. The minimum atomic E-state index is -0.537.